The Balaban J connectivity index is 0.000000253. The minimum Gasteiger partial charge on any atom is -0.480 e. The SMILES string of the molecule is CCOC(=O)CNc1cc(C2CCCNC2)ccc1C.Cc1ccc(C2CCCN(C(=O)c3sc(-c4ccc(C(F)(F)F)cc4)nc3C)C2)cc1NCC(=O)O. The van der Waals surface area contributed by atoms with Crippen LogP contribution in [0.3, 0.4) is 0 Å². The van der Waals surface area contributed by atoms with Crippen LogP contribution in [0, 0.1) is 20.8 Å². The number of halogens is 3. The number of esters is 1. The molecule has 1 aromatic heterocycles. The number of likely N-dealkylation sites (tertiary alicyclic amines) is 1. The molecule has 0 spiro atoms. The summed E-state index contributed by atoms with van der Waals surface area (Å²) in [6, 6.07) is 17.2. The number of rotatable bonds is 11. The van der Waals surface area contributed by atoms with Crippen molar-refractivity contribution in [2.75, 3.05) is 56.5 Å². The second kappa shape index (κ2) is 19.3. The zero-order valence-electron chi connectivity index (χ0n) is 32.2. The fraction of sp³-hybridized carbons (Fsp3) is 0.429. The first-order valence-electron chi connectivity index (χ1n) is 18.9. The average molecular weight is 794 g/mol. The van der Waals surface area contributed by atoms with Crippen LogP contribution in [0.1, 0.15) is 87.6 Å². The summed E-state index contributed by atoms with van der Waals surface area (Å²) in [5, 5.41) is 19.0. The molecule has 14 heteroatoms. The van der Waals surface area contributed by atoms with Gasteiger partial charge >= 0.3 is 18.1 Å². The van der Waals surface area contributed by atoms with Gasteiger partial charge in [-0.15, -0.1) is 11.3 Å². The molecule has 3 aromatic carbocycles. The van der Waals surface area contributed by atoms with Crippen molar-refractivity contribution in [1.29, 1.82) is 0 Å². The van der Waals surface area contributed by atoms with Crippen LogP contribution in [0.15, 0.2) is 60.7 Å². The first kappa shape index (κ1) is 42.2. The highest BCUT2D eigenvalue weighted by molar-refractivity contribution is 7.17. The molecule has 4 aromatic rings. The Morgan fingerprint density at radius 3 is 2.12 bits per heavy atom. The molecular formula is C42H50F3N5O5S. The molecule has 300 valence electrons. The van der Waals surface area contributed by atoms with E-state index in [1.807, 2.05) is 32.0 Å². The number of benzene rings is 3. The van der Waals surface area contributed by atoms with E-state index in [0.29, 0.717) is 46.8 Å². The number of nitrogens with zero attached hydrogens (tertiary/aromatic N) is 2. The van der Waals surface area contributed by atoms with Crippen LogP contribution in [-0.4, -0.2) is 78.7 Å². The summed E-state index contributed by atoms with van der Waals surface area (Å²) < 4.78 is 43.6. The molecule has 2 atom stereocenters. The summed E-state index contributed by atoms with van der Waals surface area (Å²) in [6.45, 7) is 11.3. The van der Waals surface area contributed by atoms with Crippen LogP contribution in [0.25, 0.3) is 10.6 Å². The minimum atomic E-state index is -4.41. The number of ether oxygens (including phenoxy) is 1. The van der Waals surface area contributed by atoms with Crippen molar-refractivity contribution in [1.82, 2.24) is 15.2 Å². The number of aromatic nitrogens is 1. The molecule has 56 heavy (non-hydrogen) atoms. The number of carbonyl (C=O) groups is 3. The van der Waals surface area contributed by atoms with Crippen LogP contribution in [0.4, 0.5) is 24.5 Å². The fourth-order valence-corrected chi connectivity index (χ4v) is 7.99. The molecule has 0 bridgehead atoms. The third kappa shape index (κ3) is 11.3. The molecule has 2 aliphatic heterocycles. The first-order valence-corrected chi connectivity index (χ1v) is 19.8. The number of hydrogen-bond acceptors (Lipinski definition) is 9. The Labute approximate surface area is 329 Å². The number of aryl methyl sites for hydroxylation is 3. The normalized spacial score (nSPS) is 17.0. The highest BCUT2D eigenvalue weighted by Gasteiger charge is 2.31. The van der Waals surface area contributed by atoms with E-state index in [9.17, 15) is 27.6 Å². The highest BCUT2D eigenvalue weighted by Crippen LogP contribution is 2.35. The lowest BCUT2D eigenvalue weighted by molar-refractivity contribution is -0.141. The van der Waals surface area contributed by atoms with E-state index in [-0.39, 0.29) is 30.9 Å². The fourth-order valence-electron chi connectivity index (χ4n) is 6.95. The Morgan fingerprint density at radius 1 is 0.911 bits per heavy atom. The van der Waals surface area contributed by atoms with E-state index < -0.39 is 17.7 Å². The van der Waals surface area contributed by atoms with Gasteiger partial charge in [0.2, 0.25) is 0 Å². The van der Waals surface area contributed by atoms with E-state index in [0.717, 1.165) is 66.1 Å². The summed E-state index contributed by atoms with van der Waals surface area (Å²) in [5.74, 6) is -0.602. The number of carboxylic acid groups (broad SMARTS) is 1. The maximum Gasteiger partial charge on any atom is 0.416 e. The number of anilines is 2. The molecule has 0 radical (unpaired) electrons. The molecule has 4 N–H and O–H groups in total. The number of alkyl halides is 3. The summed E-state index contributed by atoms with van der Waals surface area (Å²) in [5.41, 5.74) is 6.63. The molecule has 2 fully saturated rings. The molecule has 3 heterocycles. The summed E-state index contributed by atoms with van der Waals surface area (Å²) >= 11 is 1.19. The number of aliphatic carboxylic acids is 1. The Morgan fingerprint density at radius 2 is 1.54 bits per heavy atom. The molecule has 1 amide bonds. The molecule has 2 aliphatic rings. The monoisotopic (exact) mass is 793 g/mol. The van der Waals surface area contributed by atoms with Gasteiger partial charge in [-0.25, -0.2) is 4.98 Å². The van der Waals surface area contributed by atoms with Gasteiger partial charge in [-0.2, -0.15) is 13.2 Å². The van der Waals surface area contributed by atoms with Crippen molar-refractivity contribution in [2.45, 2.75) is 71.4 Å². The van der Waals surface area contributed by atoms with Gasteiger partial charge in [0, 0.05) is 42.5 Å². The maximum atomic E-state index is 13.4. The van der Waals surface area contributed by atoms with Gasteiger partial charge in [0.15, 0.2) is 0 Å². The van der Waals surface area contributed by atoms with Gasteiger partial charge in [0.1, 0.15) is 23.0 Å². The Kier molecular flexibility index (Phi) is 14.5. The van der Waals surface area contributed by atoms with Crippen molar-refractivity contribution in [3.63, 3.8) is 0 Å². The standard InChI is InChI=1S/C26H26F3N3O3S.C16H24N2O2/c1-15-5-6-18(12-21(15)30-13-22(33)34)19-4-3-11-32(14-19)25(35)23-16(2)31-24(36-23)17-7-9-20(10-8-17)26(27,28)29;1-3-20-16(19)11-18-15-9-13(7-6-12(15)2)14-5-4-8-17-10-14/h5-10,12,19,30H,3-4,11,13-14H2,1-2H3,(H,33,34);6-7,9,14,17-18H,3-5,8,10-11H2,1-2H3. The number of amides is 1. The van der Waals surface area contributed by atoms with Crippen LogP contribution >= 0.6 is 11.3 Å². The zero-order chi connectivity index (χ0) is 40.4. The second-order valence-electron chi connectivity index (χ2n) is 14.2. The van der Waals surface area contributed by atoms with Crippen LogP contribution in [0.5, 0.6) is 0 Å². The van der Waals surface area contributed by atoms with E-state index in [1.165, 1.54) is 41.9 Å². The van der Waals surface area contributed by atoms with Crippen molar-refractivity contribution in [3.05, 3.63) is 99.1 Å². The largest absolute Gasteiger partial charge is 0.480 e. The molecule has 2 unspecified atom stereocenters. The van der Waals surface area contributed by atoms with Crippen molar-refractivity contribution in [2.24, 2.45) is 0 Å². The van der Waals surface area contributed by atoms with E-state index in [2.05, 4.69) is 46.1 Å². The predicted molar refractivity (Wildman–Crippen MR) is 214 cm³/mol. The summed E-state index contributed by atoms with van der Waals surface area (Å²) in [6.07, 6.45) is -0.221. The van der Waals surface area contributed by atoms with Crippen LogP contribution in [0.2, 0.25) is 0 Å². The number of piperidine rings is 2. The number of hydrogen-bond donors (Lipinski definition) is 4. The van der Waals surface area contributed by atoms with Gasteiger partial charge < -0.3 is 30.7 Å². The van der Waals surface area contributed by atoms with E-state index in [4.69, 9.17) is 9.84 Å². The van der Waals surface area contributed by atoms with Crippen molar-refractivity contribution < 1.29 is 37.4 Å². The van der Waals surface area contributed by atoms with Gasteiger partial charge in [-0.05, 0) is 112 Å². The summed E-state index contributed by atoms with van der Waals surface area (Å²) in [7, 11) is 0. The smallest absolute Gasteiger partial charge is 0.416 e. The maximum absolute atomic E-state index is 13.4. The highest BCUT2D eigenvalue weighted by atomic mass is 32.1. The van der Waals surface area contributed by atoms with Crippen LogP contribution in [-0.2, 0) is 20.5 Å². The molecule has 2 saturated heterocycles. The lowest BCUT2D eigenvalue weighted by Gasteiger charge is -2.33. The van der Waals surface area contributed by atoms with Gasteiger partial charge in [0.05, 0.1) is 17.9 Å². The summed E-state index contributed by atoms with van der Waals surface area (Å²) in [4.78, 5) is 42.5. The lowest BCUT2D eigenvalue weighted by atomic mass is 9.89. The predicted octanol–water partition coefficient (Wildman–Crippen LogP) is 8.40. The third-order valence-corrected chi connectivity index (χ3v) is 11.3. The van der Waals surface area contributed by atoms with E-state index >= 15 is 0 Å². The molecular weight excluding hydrogens is 744 g/mol. The average Bonchev–Trinajstić information content (AvgIpc) is 3.58. The van der Waals surface area contributed by atoms with Crippen molar-refractivity contribution in [3.8, 4) is 10.6 Å². The first-order chi connectivity index (χ1) is 26.7. The number of nitrogens with one attached hydrogen (secondary N) is 3. The lowest BCUT2D eigenvalue weighted by Crippen LogP contribution is -2.39. The molecule has 0 aliphatic carbocycles. The van der Waals surface area contributed by atoms with Gasteiger partial charge in [-0.1, -0.05) is 36.4 Å². The number of carbonyl (C=O) groups excluding carboxylic acids is 2. The van der Waals surface area contributed by atoms with Gasteiger partial charge in [0.25, 0.3) is 5.91 Å². The molecule has 0 saturated carbocycles. The second-order valence-corrected chi connectivity index (χ2v) is 15.2. The number of thiazole rings is 1. The van der Waals surface area contributed by atoms with Gasteiger partial charge in [-0.3, -0.25) is 14.4 Å². The van der Waals surface area contributed by atoms with Crippen molar-refractivity contribution >= 4 is 40.6 Å². The topological polar surface area (TPSA) is 133 Å². The quantitative estimate of drug-likeness (QED) is 0.111. The Bertz CT molecular complexity index is 1980. The number of carboxylic acids is 1. The third-order valence-electron chi connectivity index (χ3n) is 10.1. The zero-order valence-corrected chi connectivity index (χ0v) is 33.0. The van der Waals surface area contributed by atoms with Crippen LogP contribution < -0.4 is 16.0 Å². The molecule has 10 nitrogen and oxygen atoms in total. The molecule has 6 rings (SSSR count). The Hall–Kier alpha value is -4.95. The minimum absolute atomic E-state index is 0.108. The van der Waals surface area contributed by atoms with E-state index in [1.54, 1.807) is 11.8 Å².